The molecule has 2 N–H and O–H groups in total. The first-order chi connectivity index (χ1) is 8.43. The van der Waals surface area contributed by atoms with E-state index in [0.717, 1.165) is 32.1 Å². The summed E-state index contributed by atoms with van der Waals surface area (Å²) >= 11 is 0. The Morgan fingerprint density at radius 3 is 2.33 bits per heavy atom. The summed E-state index contributed by atoms with van der Waals surface area (Å²) in [5.74, 6) is 0.520. The minimum Gasteiger partial charge on any atom is -0.481 e. The molecule has 2 unspecified atom stereocenters. The number of hydrogen-bond donors (Lipinski definition) is 2. The highest BCUT2D eigenvalue weighted by atomic mass is 16.4. The Bertz CT molecular complexity index is 390. The highest BCUT2D eigenvalue weighted by Crippen LogP contribution is 2.65. The third-order valence-electron chi connectivity index (χ3n) is 5.35. The molecule has 4 aliphatic carbocycles. The van der Waals surface area contributed by atoms with Crippen LogP contribution in [0.4, 0.5) is 0 Å². The fourth-order valence-electron chi connectivity index (χ4n) is 5.22. The third-order valence-corrected chi connectivity index (χ3v) is 5.35. The number of carbonyl (C=O) groups excluding carboxylic acids is 1. The molecule has 4 rings (SSSR count). The Morgan fingerprint density at radius 1 is 1.22 bits per heavy atom. The Labute approximate surface area is 107 Å². The molecule has 0 saturated heterocycles. The Balaban J connectivity index is 1.85. The third kappa shape index (κ3) is 1.73. The highest BCUT2D eigenvalue weighted by molar-refractivity contribution is 5.76. The van der Waals surface area contributed by atoms with E-state index in [-0.39, 0.29) is 11.3 Å². The minimum atomic E-state index is -0.608. The van der Waals surface area contributed by atoms with Gasteiger partial charge in [0, 0.05) is 13.5 Å². The number of amides is 1. The maximum atomic E-state index is 11.6. The van der Waals surface area contributed by atoms with Crippen molar-refractivity contribution in [1.82, 2.24) is 5.32 Å². The zero-order chi connectivity index (χ0) is 13.0. The van der Waals surface area contributed by atoms with Gasteiger partial charge in [-0.3, -0.25) is 9.59 Å². The average Bonchev–Trinajstić information content (AvgIpc) is 2.24. The molecular weight excluding hydrogens is 230 g/mol. The average molecular weight is 251 g/mol. The lowest BCUT2D eigenvalue weighted by atomic mass is 9.44. The van der Waals surface area contributed by atoms with Gasteiger partial charge in [-0.05, 0) is 55.8 Å². The summed E-state index contributed by atoms with van der Waals surface area (Å²) < 4.78 is 0. The molecule has 4 atom stereocenters. The molecule has 4 bridgehead atoms. The fourth-order valence-corrected chi connectivity index (χ4v) is 5.22. The molecule has 4 nitrogen and oxygen atoms in total. The van der Waals surface area contributed by atoms with Gasteiger partial charge in [0.15, 0.2) is 0 Å². The lowest BCUT2D eigenvalue weighted by molar-refractivity contribution is -0.174. The molecule has 100 valence electrons. The zero-order valence-corrected chi connectivity index (χ0v) is 10.9. The van der Waals surface area contributed by atoms with Gasteiger partial charge in [0.2, 0.25) is 5.91 Å². The van der Waals surface area contributed by atoms with Crippen LogP contribution in [0.2, 0.25) is 0 Å². The molecule has 0 spiro atoms. The molecule has 0 aliphatic heterocycles. The van der Waals surface area contributed by atoms with Gasteiger partial charge >= 0.3 is 5.97 Å². The Kier molecular flexibility index (Phi) is 2.48. The molecule has 4 heteroatoms. The van der Waals surface area contributed by atoms with Crippen LogP contribution >= 0.6 is 0 Å². The lowest BCUT2D eigenvalue weighted by Crippen LogP contribution is -2.57. The smallest absolute Gasteiger partial charge is 0.309 e. The van der Waals surface area contributed by atoms with Crippen LogP contribution in [-0.2, 0) is 9.59 Å². The van der Waals surface area contributed by atoms with Gasteiger partial charge < -0.3 is 10.4 Å². The summed E-state index contributed by atoms with van der Waals surface area (Å²) in [7, 11) is 0. The summed E-state index contributed by atoms with van der Waals surface area (Å²) in [6.07, 6.45) is 5.92. The van der Waals surface area contributed by atoms with E-state index in [2.05, 4.69) is 5.32 Å². The molecule has 4 fully saturated rings. The molecule has 0 aromatic rings. The van der Waals surface area contributed by atoms with E-state index in [4.69, 9.17) is 0 Å². The molecule has 0 aromatic carbocycles. The lowest BCUT2D eigenvalue weighted by Gasteiger charge is -2.60. The number of carbonyl (C=O) groups is 2. The zero-order valence-electron chi connectivity index (χ0n) is 10.9. The monoisotopic (exact) mass is 251 g/mol. The summed E-state index contributed by atoms with van der Waals surface area (Å²) in [5.41, 5.74) is -0.420. The van der Waals surface area contributed by atoms with Gasteiger partial charge in [-0.15, -0.1) is 0 Å². The molecule has 18 heavy (non-hydrogen) atoms. The van der Waals surface area contributed by atoms with Crippen LogP contribution in [0.3, 0.4) is 0 Å². The van der Waals surface area contributed by atoms with Gasteiger partial charge in [0.1, 0.15) is 0 Å². The van der Waals surface area contributed by atoms with Crippen molar-refractivity contribution < 1.29 is 14.7 Å². The number of carboxylic acid groups (broad SMARTS) is 1. The number of carboxylic acids is 1. The highest BCUT2D eigenvalue weighted by Gasteiger charge is 2.60. The van der Waals surface area contributed by atoms with Crippen molar-refractivity contribution in [1.29, 1.82) is 0 Å². The quantitative estimate of drug-likeness (QED) is 0.803. The van der Waals surface area contributed by atoms with E-state index in [1.807, 2.05) is 0 Å². The number of rotatable bonds is 3. The van der Waals surface area contributed by atoms with Crippen LogP contribution in [0, 0.1) is 22.7 Å². The van der Waals surface area contributed by atoms with E-state index in [1.54, 1.807) is 0 Å². The van der Waals surface area contributed by atoms with Gasteiger partial charge in [-0.2, -0.15) is 0 Å². The molecule has 4 saturated carbocycles. The van der Waals surface area contributed by atoms with Crippen molar-refractivity contribution in [3.8, 4) is 0 Å². The summed E-state index contributed by atoms with van der Waals surface area (Å²) in [4.78, 5) is 22.8. The maximum Gasteiger partial charge on any atom is 0.309 e. The topological polar surface area (TPSA) is 66.4 Å². The molecule has 4 aliphatic rings. The Hall–Kier alpha value is -1.06. The molecule has 0 radical (unpaired) electrons. The van der Waals surface area contributed by atoms with E-state index in [0.29, 0.717) is 18.4 Å². The summed E-state index contributed by atoms with van der Waals surface area (Å²) in [5, 5.41) is 12.5. The van der Waals surface area contributed by atoms with Gasteiger partial charge in [-0.25, -0.2) is 0 Å². The van der Waals surface area contributed by atoms with Crippen molar-refractivity contribution in [3.63, 3.8) is 0 Å². The largest absolute Gasteiger partial charge is 0.481 e. The van der Waals surface area contributed by atoms with Crippen molar-refractivity contribution in [3.05, 3.63) is 0 Å². The Morgan fingerprint density at radius 2 is 1.83 bits per heavy atom. The van der Waals surface area contributed by atoms with Gasteiger partial charge in [0.25, 0.3) is 0 Å². The van der Waals surface area contributed by atoms with Crippen LogP contribution in [0.25, 0.3) is 0 Å². The first kappa shape index (κ1) is 12.0. The normalized spacial score (nSPS) is 44.9. The van der Waals surface area contributed by atoms with Gasteiger partial charge in [-0.1, -0.05) is 0 Å². The van der Waals surface area contributed by atoms with Crippen molar-refractivity contribution in [2.24, 2.45) is 22.7 Å². The molecule has 0 aromatic heterocycles. The summed E-state index contributed by atoms with van der Waals surface area (Å²) in [6, 6.07) is 0. The molecular formula is C14H21NO3. The van der Waals surface area contributed by atoms with Crippen LogP contribution in [0.5, 0.6) is 0 Å². The predicted molar refractivity (Wildman–Crippen MR) is 65.9 cm³/mol. The predicted octanol–water partition coefficient (Wildman–Crippen LogP) is 1.79. The first-order valence-electron chi connectivity index (χ1n) is 6.91. The number of nitrogens with one attached hydrogen (secondary N) is 1. The van der Waals surface area contributed by atoms with E-state index in [1.165, 1.54) is 13.3 Å². The fraction of sp³-hybridized carbons (Fsp3) is 0.857. The SMILES string of the molecule is CC(=O)NCC12C[C@H]3C[C@@H](C1)CC(C(=O)O)(C3)C2. The van der Waals surface area contributed by atoms with Crippen LogP contribution in [-0.4, -0.2) is 23.5 Å². The summed E-state index contributed by atoms with van der Waals surface area (Å²) in [6.45, 7) is 2.21. The molecule has 1 amide bonds. The second kappa shape index (κ2) is 3.72. The number of hydrogen-bond acceptors (Lipinski definition) is 2. The molecule has 0 heterocycles. The van der Waals surface area contributed by atoms with Crippen LogP contribution in [0.15, 0.2) is 0 Å². The standard InChI is InChI=1S/C14H21NO3/c1-9(16)15-8-13-3-10-2-11(4-13)6-14(5-10,7-13)12(17)18/h10-11H,2-8H2,1H3,(H,15,16)(H,17,18)/t10-,11+,13?,14?. The minimum absolute atomic E-state index is 0.00452. The van der Waals surface area contributed by atoms with E-state index in [9.17, 15) is 14.7 Å². The van der Waals surface area contributed by atoms with Crippen LogP contribution in [0.1, 0.15) is 45.4 Å². The van der Waals surface area contributed by atoms with Crippen molar-refractivity contribution in [2.75, 3.05) is 6.54 Å². The van der Waals surface area contributed by atoms with E-state index >= 15 is 0 Å². The van der Waals surface area contributed by atoms with Crippen molar-refractivity contribution >= 4 is 11.9 Å². The maximum absolute atomic E-state index is 11.6. The second-order valence-electron chi connectivity index (χ2n) is 6.96. The van der Waals surface area contributed by atoms with Crippen LogP contribution < -0.4 is 5.32 Å². The van der Waals surface area contributed by atoms with Crippen molar-refractivity contribution in [2.45, 2.75) is 45.4 Å². The van der Waals surface area contributed by atoms with Gasteiger partial charge in [0.05, 0.1) is 5.41 Å². The second-order valence-corrected chi connectivity index (χ2v) is 6.96. The first-order valence-corrected chi connectivity index (χ1v) is 6.91. The number of aliphatic carboxylic acids is 1. The van der Waals surface area contributed by atoms with E-state index < -0.39 is 11.4 Å².